The second-order valence-corrected chi connectivity index (χ2v) is 5.81. The number of carbonyl (C=O) groups excluding carboxylic acids is 1. The van der Waals surface area contributed by atoms with E-state index in [1.165, 1.54) is 12.1 Å². The van der Waals surface area contributed by atoms with E-state index in [1.54, 1.807) is 12.1 Å². The quantitative estimate of drug-likeness (QED) is 0.860. The third-order valence-electron chi connectivity index (χ3n) is 4.04. The van der Waals surface area contributed by atoms with Gasteiger partial charge in [0.15, 0.2) is 0 Å². The predicted octanol–water partition coefficient (Wildman–Crippen LogP) is 4.36. The summed E-state index contributed by atoms with van der Waals surface area (Å²) in [5, 5.41) is 2.96. The molecule has 1 fully saturated rings. The van der Waals surface area contributed by atoms with E-state index in [1.807, 2.05) is 31.2 Å². The van der Waals surface area contributed by atoms with Crippen LogP contribution in [0, 0.1) is 11.7 Å². The van der Waals surface area contributed by atoms with Gasteiger partial charge in [0.05, 0.1) is 12.5 Å². The van der Waals surface area contributed by atoms with Crippen molar-refractivity contribution in [1.29, 1.82) is 0 Å². The molecule has 1 aliphatic rings. The zero-order valence-corrected chi connectivity index (χ0v) is 13.1. The van der Waals surface area contributed by atoms with Crippen molar-refractivity contribution in [1.82, 2.24) is 0 Å². The largest absolute Gasteiger partial charge is 0.494 e. The van der Waals surface area contributed by atoms with Gasteiger partial charge in [-0.3, -0.25) is 4.79 Å². The number of amides is 1. The first-order chi connectivity index (χ1) is 11.2. The zero-order valence-electron chi connectivity index (χ0n) is 13.1. The second-order valence-electron chi connectivity index (χ2n) is 5.81. The molecule has 3 rings (SSSR count). The van der Waals surface area contributed by atoms with Gasteiger partial charge in [-0.1, -0.05) is 12.1 Å². The monoisotopic (exact) mass is 313 g/mol. The van der Waals surface area contributed by atoms with E-state index in [2.05, 4.69) is 5.32 Å². The SMILES string of the molecule is CCOc1ccc(NC(=O)C(c2ccc(F)cc2)C2CC2)cc1. The van der Waals surface area contributed by atoms with E-state index in [-0.39, 0.29) is 17.6 Å². The van der Waals surface area contributed by atoms with E-state index in [4.69, 9.17) is 4.74 Å². The Morgan fingerprint density at radius 2 is 1.83 bits per heavy atom. The van der Waals surface area contributed by atoms with Crippen LogP contribution in [0.15, 0.2) is 48.5 Å². The lowest BCUT2D eigenvalue weighted by molar-refractivity contribution is -0.118. The fraction of sp³-hybridized carbons (Fsp3) is 0.316. The van der Waals surface area contributed by atoms with Crippen molar-refractivity contribution in [3.8, 4) is 5.75 Å². The van der Waals surface area contributed by atoms with Crippen molar-refractivity contribution in [2.24, 2.45) is 5.92 Å². The third kappa shape index (κ3) is 3.89. The fourth-order valence-electron chi connectivity index (χ4n) is 2.76. The summed E-state index contributed by atoms with van der Waals surface area (Å²) in [7, 11) is 0. The van der Waals surface area contributed by atoms with Crippen LogP contribution < -0.4 is 10.1 Å². The van der Waals surface area contributed by atoms with Gasteiger partial charge in [-0.25, -0.2) is 4.39 Å². The molecule has 1 unspecified atom stereocenters. The van der Waals surface area contributed by atoms with Gasteiger partial charge in [-0.15, -0.1) is 0 Å². The van der Waals surface area contributed by atoms with E-state index in [0.29, 0.717) is 12.5 Å². The topological polar surface area (TPSA) is 38.3 Å². The normalized spacial score (nSPS) is 15.0. The highest BCUT2D eigenvalue weighted by molar-refractivity contribution is 5.96. The lowest BCUT2D eigenvalue weighted by Crippen LogP contribution is -2.22. The van der Waals surface area contributed by atoms with Crippen molar-refractivity contribution in [3.63, 3.8) is 0 Å². The predicted molar refractivity (Wildman–Crippen MR) is 88.1 cm³/mol. The molecular weight excluding hydrogens is 293 g/mol. The van der Waals surface area contributed by atoms with Crippen LogP contribution in [-0.2, 0) is 4.79 Å². The average Bonchev–Trinajstić information content (AvgIpc) is 3.36. The highest BCUT2D eigenvalue weighted by atomic mass is 19.1. The molecule has 1 amide bonds. The van der Waals surface area contributed by atoms with Crippen LogP contribution in [0.3, 0.4) is 0 Å². The van der Waals surface area contributed by atoms with Crippen LogP contribution in [0.4, 0.5) is 10.1 Å². The first-order valence-electron chi connectivity index (χ1n) is 7.96. The molecule has 4 heteroatoms. The van der Waals surface area contributed by atoms with Gasteiger partial charge in [-0.05, 0) is 67.6 Å². The average molecular weight is 313 g/mol. The van der Waals surface area contributed by atoms with E-state index >= 15 is 0 Å². The van der Waals surface area contributed by atoms with Crippen molar-refractivity contribution >= 4 is 11.6 Å². The Hall–Kier alpha value is -2.36. The molecule has 0 bridgehead atoms. The van der Waals surface area contributed by atoms with E-state index < -0.39 is 0 Å². The van der Waals surface area contributed by atoms with Gasteiger partial charge >= 0.3 is 0 Å². The molecule has 0 saturated heterocycles. The standard InChI is InChI=1S/C19H20FNO2/c1-2-23-17-11-9-16(10-12-17)21-19(22)18(13-3-4-13)14-5-7-15(20)8-6-14/h5-13,18H,2-4H2,1H3,(H,21,22). The molecule has 23 heavy (non-hydrogen) atoms. The molecule has 0 aliphatic heterocycles. The number of nitrogens with one attached hydrogen (secondary N) is 1. The Morgan fingerprint density at radius 1 is 1.17 bits per heavy atom. The number of anilines is 1. The molecule has 0 heterocycles. The number of benzene rings is 2. The first kappa shape index (κ1) is 15.5. The zero-order chi connectivity index (χ0) is 16.2. The number of hydrogen-bond acceptors (Lipinski definition) is 2. The van der Waals surface area contributed by atoms with Crippen LogP contribution in [-0.4, -0.2) is 12.5 Å². The van der Waals surface area contributed by atoms with Gasteiger partial charge in [-0.2, -0.15) is 0 Å². The molecule has 120 valence electrons. The van der Waals surface area contributed by atoms with Gasteiger partial charge in [0.25, 0.3) is 0 Å². The lowest BCUT2D eigenvalue weighted by atomic mass is 9.93. The molecule has 1 atom stereocenters. The van der Waals surface area contributed by atoms with Crippen LogP contribution in [0.2, 0.25) is 0 Å². The van der Waals surface area contributed by atoms with Crippen LogP contribution in [0.1, 0.15) is 31.2 Å². The number of hydrogen-bond donors (Lipinski definition) is 1. The Bertz CT molecular complexity index is 663. The second kappa shape index (κ2) is 6.82. The Labute approximate surface area is 135 Å². The number of carbonyl (C=O) groups is 1. The number of halogens is 1. The molecule has 1 N–H and O–H groups in total. The summed E-state index contributed by atoms with van der Waals surface area (Å²) >= 11 is 0. The highest BCUT2D eigenvalue weighted by Crippen LogP contribution is 2.43. The minimum Gasteiger partial charge on any atom is -0.494 e. The van der Waals surface area contributed by atoms with Gasteiger partial charge in [0.2, 0.25) is 5.91 Å². The lowest BCUT2D eigenvalue weighted by Gasteiger charge is -2.17. The number of rotatable bonds is 6. The Kier molecular flexibility index (Phi) is 4.60. The van der Waals surface area contributed by atoms with E-state index in [0.717, 1.165) is 29.8 Å². The molecule has 0 aromatic heterocycles. The minimum atomic E-state index is -0.282. The molecular formula is C19H20FNO2. The molecule has 2 aromatic carbocycles. The van der Waals surface area contributed by atoms with Crippen molar-refractivity contribution in [2.75, 3.05) is 11.9 Å². The Morgan fingerprint density at radius 3 is 2.39 bits per heavy atom. The molecule has 0 spiro atoms. The number of ether oxygens (including phenoxy) is 1. The fourth-order valence-corrected chi connectivity index (χ4v) is 2.76. The molecule has 3 nitrogen and oxygen atoms in total. The third-order valence-corrected chi connectivity index (χ3v) is 4.04. The Balaban J connectivity index is 1.72. The molecule has 1 aliphatic carbocycles. The highest BCUT2D eigenvalue weighted by Gasteiger charge is 2.37. The summed E-state index contributed by atoms with van der Waals surface area (Å²) in [6, 6.07) is 13.6. The molecule has 2 aromatic rings. The summed E-state index contributed by atoms with van der Waals surface area (Å²) in [6.45, 7) is 2.54. The summed E-state index contributed by atoms with van der Waals surface area (Å²) in [5.41, 5.74) is 1.61. The summed E-state index contributed by atoms with van der Waals surface area (Å²) in [4.78, 5) is 12.7. The summed E-state index contributed by atoms with van der Waals surface area (Å²) in [5.74, 6) is 0.589. The van der Waals surface area contributed by atoms with Gasteiger partial charge in [0.1, 0.15) is 11.6 Å². The first-order valence-corrected chi connectivity index (χ1v) is 7.96. The van der Waals surface area contributed by atoms with Crippen LogP contribution in [0.25, 0.3) is 0 Å². The maximum atomic E-state index is 13.1. The van der Waals surface area contributed by atoms with Gasteiger partial charge < -0.3 is 10.1 Å². The molecule has 0 radical (unpaired) electrons. The van der Waals surface area contributed by atoms with E-state index in [9.17, 15) is 9.18 Å². The van der Waals surface area contributed by atoms with Crippen LogP contribution >= 0.6 is 0 Å². The van der Waals surface area contributed by atoms with Crippen LogP contribution in [0.5, 0.6) is 5.75 Å². The minimum absolute atomic E-state index is 0.0386. The van der Waals surface area contributed by atoms with Crippen molar-refractivity contribution < 1.29 is 13.9 Å². The summed E-state index contributed by atoms with van der Waals surface area (Å²) < 4.78 is 18.5. The van der Waals surface area contributed by atoms with Gasteiger partial charge in [0, 0.05) is 5.69 Å². The maximum absolute atomic E-state index is 13.1. The molecule has 1 saturated carbocycles. The summed E-state index contributed by atoms with van der Waals surface area (Å²) in [6.07, 6.45) is 2.08. The maximum Gasteiger partial charge on any atom is 0.232 e. The van der Waals surface area contributed by atoms with Crippen molar-refractivity contribution in [2.45, 2.75) is 25.7 Å². The smallest absolute Gasteiger partial charge is 0.232 e. The van der Waals surface area contributed by atoms with Crippen molar-refractivity contribution in [3.05, 3.63) is 59.9 Å².